The van der Waals surface area contributed by atoms with Crippen LogP contribution in [0.25, 0.3) is 5.69 Å². The summed E-state index contributed by atoms with van der Waals surface area (Å²) in [7, 11) is 0. The lowest BCUT2D eigenvalue weighted by molar-refractivity contribution is 0.833. The van der Waals surface area contributed by atoms with Crippen molar-refractivity contribution < 1.29 is 0 Å². The molecule has 0 bridgehead atoms. The van der Waals surface area contributed by atoms with Crippen LogP contribution in [0.1, 0.15) is 23.9 Å². The average Bonchev–Trinajstić information content (AvgIpc) is 2.54. The normalized spacial score (nSPS) is 10.9. The van der Waals surface area contributed by atoms with E-state index in [4.69, 9.17) is 23.2 Å². The summed E-state index contributed by atoms with van der Waals surface area (Å²) in [6.45, 7) is 6.21. The molecule has 2 aromatic rings. The quantitative estimate of drug-likeness (QED) is 0.792. The first kappa shape index (κ1) is 12.5. The molecule has 0 aliphatic rings. The third kappa shape index (κ3) is 2.20. The molecule has 0 amide bonds. The molecule has 1 aromatic heterocycles. The summed E-state index contributed by atoms with van der Waals surface area (Å²) in [5, 5.41) is 5.78. The first-order valence-electron chi connectivity index (χ1n) is 5.55. The van der Waals surface area contributed by atoms with Gasteiger partial charge in [0.1, 0.15) is 0 Å². The van der Waals surface area contributed by atoms with Crippen LogP contribution in [0, 0.1) is 13.8 Å². The molecular formula is C13H14Cl2N2. The molecule has 90 valence electrons. The second kappa shape index (κ2) is 4.71. The number of aryl methyl sites for hydroxylation is 1. The summed E-state index contributed by atoms with van der Waals surface area (Å²) < 4.78 is 1.88. The average molecular weight is 269 g/mol. The van der Waals surface area contributed by atoms with Crippen LogP contribution in [0.2, 0.25) is 10.0 Å². The van der Waals surface area contributed by atoms with E-state index < -0.39 is 0 Å². The highest BCUT2D eigenvalue weighted by Crippen LogP contribution is 2.26. The minimum atomic E-state index is 0.616. The van der Waals surface area contributed by atoms with Crippen LogP contribution in [0.5, 0.6) is 0 Å². The van der Waals surface area contributed by atoms with Gasteiger partial charge in [0.25, 0.3) is 0 Å². The highest BCUT2D eigenvalue weighted by Gasteiger charge is 2.13. The molecule has 1 aromatic carbocycles. The maximum absolute atomic E-state index is 6.20. The van der Waals surface area contributed by atoms with Crippen molar-refractivity contribution in [2.45, 2.75) is 27.2 Å². The van der Waals surface area contributed by atoms with E-state index in [0.717, 1.165) is 23.5 Å². The second-order valence-corrected chi connectivity index (χ2v) is 4.85. The van der Waals surface area contributed by atoms with Crippen LogP contribution in [0.3, 0.4) is 0 Å². The lowest BCUT2D eigenvalue weighted by Crippen LogP contribution is -2.00. The van der Waals surface area contributed by atoms with E-state index in [1.165, 1.54) is 5.56 Å². The van der Waals surface area contributed by atoms with Gasteiger partial charge in [-0.3, -0.25) is 0 Å². The Balaban J connectivity index is 2.61. The van der Waals surface area contributed by atoms with Crippen molar-refractivity contribution in [3.05, 3.63) is 45.2 Å². The standard InChI is InChI=1S/C13H14Cl2N2/c1-4-11-8(2)16-17(9(11)3)13-6-5-10(14)7-12(13)15/h5-7H,4H2,1-3H3. The fourth-order valence-electron chi connectivity index (χ4n) is 2.07. The molecule has 0 saturated heterocycles. The molecule has 1 heterocycles. The van der Waals surface area contributed by atoms with E-state index in [2.05, 4.69) is 18.9 Å². The fraction of sp³-hybridized carbons (Fsp3) is 0.308. The number of aromatic nitrogens is 2. The predicted octanol–water partition coefficient (Wildman–Crippen LogP) is 4.36. The molecule has 2 rings (SSSR count). The summed E-state index contributed by atoms with van der Waals surface area (Å²) in [6, 6.07) is 5.45. The highest BCUT2D eigenvalue weighted by atomic mass is 35.5. The summed E-state index contributed by atoms with van der Waals surface area (Å²) in [5.41, 5.74) is 4.33. The molecule has 0 spiro atoms. The Labute approximate surface area is 111 Å². The first-order chi connectivity index (χ1) is 8.04. The van der Waals surface area contributed by atoms with Gasteiger partial charge < -0.3 is 0 Å². The van der Waals surface area contributed by atoms with E-state index in [9.17, 15) is 0 Å². The van der Waals surface area contributed by atoms with Gasteiger partial charge in [-0.2, -0.15) is 5.10 Å². The molecule has 17 heavy (non-hydrogen) atoms. The maximum atomic E-state index is 6.20. The van der Waals surface area contributed by atoms with Gasteiger partial charge in [-0.1, -0.05) is 30.1 Å². The molecule has 0 fully saturated rings. The van der Waals surface area contributed by atoms with E-state index in [-0.39, 0.29) is 0 Å². The number of rotatable bonds is 2. The van der Waals surface area contributed by atoms with Crippen molar-refractivity contribution in [2.24, 2.45) is 0 Å². The molecule has 0 saturated carbocycles. The van der Waals surface area contributed by atoms with Gasteiger partial charge in [0.05, 0.1) is 16.4 Å². The zero-order valence-electron chi connectivity index (χ0n) is 10.1. The predicted molar refractivity (Wildman–Crippen MR) is 72.4 cm³/mol. The van der Waals surface area contributed by atoms with Crippen molar-refractivity contribution in [1.29, 1.82) is 0 Å². The van der Waals surface area contributed by atoms with Crippen molar-refractivity contribution in [3.63, 3.8) is 0 Å². The Morgan fingerprint density at radius 2 is 1.94 bits per heavy atom. The highest BCUT2D eigenvalue weighted by molar-refractivity contribution is 6.35. The Morgan fingerprint density at radius 1 is 1.24 bits per heavy atom. The molecule has 0 atom stereocenters. The van der Waals surface area contributed by atoms with Gasteiger partial charge in [-0.15, -0.1) is 0 Å². The lowest BCUT2D eigenvalue weighted by atomic mass is 10.1. The smallest absolute Gasteiger partial charge is 0.0836 e. The maximum Gasteiger partial charge on any atom is 0.0836 e. The zero-order valence-corrected chi connectivity index (χ0v) is 11.6. The van der Waals surface area contributed by atoms with Gasteiger partial charge in [0.15, 0.2) is 0 Å². The number of hydrogen-bond acceptors (Lipinski definition) is 1. The summed E-state index contributed by atoms with van der Waals surface area (Å²) in [4.78, 5) is 0. The van der Waals surface area contributed by atoms with Crippen LogP contribution in [-0.4, -0.2) is 9.78 Å². The van der Waals surface area contributed by atoms with Crippen LogP contribution in [-0.2, 0) is 6.42 Å². The van der Waals surface area contributed by atoms with Crippen LogP contribution in [0.15, 0.2) is 18.2 Å². The fourth-order valence-corrected chi connectivity index (χ4v) is 2.56. The van der Waals surface area contributed by atoms with E-state index in [1.807, 2.05) is 23.7 Å². The molecular weight excluding hydrogens is 255 g/mol. The van der Waals surface area contributed by atoms with Crippen LogP contribution in [0.4, 0.5) is 0 Å². The van der Waals surface area contributed by atoms with Gasteiger partial charge in [0, 0.05) is 10.7 Å². The van der Waals surface area contributed by atoms with E-state index in [0.29, 0.717) is 10.0 Å². The Bertz CT molecular complexity index is 559. The Hall–Kier alpha value is -0.990. The summed E-state index contributed by atoms with van der Waals surface area (Å²) in [5.74, 6) is 0. The van der Waals surface area contributed by atoms with Crippen molar-refractivity contribution >= 4 is 23.2 Å². The van der Waals surface area contributed by atoms with Crippen molar-refractivity contribution in [3.8, 4) is 5.69 Å². The van der Waals surface area contributed by atoms with Gasteiger partial charge >= 0.3 is 0 Å². The molecule has 0 aliphatic heterocycles. The third-order valence-electron chi connectivity index (χ3n) is 2.93. The largest absolute Gasteiger partial charge is 0.236 e. The first-order valence-corrected chi connectivity index (χ1v) is 6.30. The zero-order chi connectivity index (χ0) is 12.6. The van der Waals surface area contributed by atoms with E-state index in [1.54, 1.807) is 6.07 Å². The Morgan fingerprint density at radius 3 is 2.47 bits per heavy atom. The van der Waals surface area contributed by atoms with Crippen LogP contribution < -0.4 is 0 Å². The molecule has 2 nitrogen and oxygen atoms in total. The Kier molecular flexibility index (Phi) is 3.45. The van der Waals surface area contributed by atoms with Crippen molar-refractivity contribution in [1.82, 2.24) is 9.78 Å². The lowest BCUT2D eigenvalue weighted by Gasteiger charge is -2.07. The third-order valence-corrected chi connectivity index (χ3v) is 3.47. The topological polar surface area (TPSA) is 17.8 Å². The molecule has 4 heteroatoms. The molecule has 0 aliphatic carbocycles. The van der Waals surface area contributed by atoms with Crippen LogP contribution >= 0.6 is 23.2 Å². The summed E-state index contributed by atoms with van der Waals surface area (Å²) in [6.07, 6.45) is 0.975. The minimum absolute atomic E-state index is 0.616. The number of halogens is 2. The SMILES string of the molecule is CCc1c(C)nn(-c2ccc(Cl)cc2Cl)c1C. The molecule has 0 N–H and O–H groups in total. The molecule has 0 radical (unpaired) electrons. The second-order valence-electron chi connectivity index (χ2n) is 4.01. The van der Waals surface area contributed by atoms with Crippen molar-refractivity contribution in [2.75, 3.05) is 0 Å². The van der Waals surface area contributed by atoms with Gasteiger partial charge in [-0.05, 0) is 44.0 Å². The number of nitrogens with zero attached hydrogens (tertiary/aromatic N) is 2. The van der Waals surface area contributed by atoms with E-state index >= 15 is 0 Å². The van der Waals surface area contributed by atoms with Gasteiger partial charge in [0.2, 0.25) is 0 Å². The monoisotopic (exact) mass is 268 g/mol. The number of benzene rings is 1. The minimum Gasteiger partial charge on any atom is -0.236 e. The number of hydrogen-bond donors (Lipinski definition) is 0. The molecule has 0 unspecified atom stereocenters. The van der Waals surface area contributed by atoms with Gasteiger partial charge in [-0.25, -0.2) is 4.68 Å². The summed E-state index contributed by atoms with van der Waals surface area (Å²) >= 11 is 12.1.